The highest BCUT2D eigenvalue weighted by Gasteiger charge is 2.06. The highest BCUT2D eigenvalue weighted by atomic mass is 32.1. The molecule has 7 heavy (non-hydrogen) atoms. The van der Waals surface area contributed by atoms with Gasteiger partial charge in [-0.15, -0.1) is 0 Å². The summed E-state index contributed by atoms with van der Waals surface area (Å²) in [6, 6.07) is 0. The van der Waals surface area contributed by atoms with E-state index in [9.17, 15) is 4.79 Å². The van der Waals surface area contributed by atoms with Crippen LogP contribution in [0.5, 0.6) is 0 Å². The Kier molecular flexibility index (Phi) is 2.83. The van der Waals surface area contributed by atoms with E-state index in [2.05, 4.69) is 12.6 Å². The van der Waals surface area contributed by atoms with Gasteiger partial charge in [0.1, 0.15) is 0 Å². The zero-order valence-corrected chi connectivity index (χ0v) is 4.98. The summed E-state index contributed by atoms with van der Waals surface area (Å²) in [7, 11) is 0. The number of rotatable bonds is 2. The highest BCUT2D eigenvalue weighted by Crippen LogP contribution is 1.97. The molecule has 0 saturated heterocycles. The summed E-state index contributed by atoms with van der Waals surface area (Å²) < 4.78 is 0. The van der Waals surface area contributed by atoms with Crippen LogP contribution >= 0.6 is 12.6 Å². The van der Waals surface area contributed by atoms with Gasteiger partial charge in [-0.05, 0) is 6.42 Å². The van der Waals surface area contributed by atoms with Crippen molar-refractivity contribution in [2.45, 2.75) is 18.6 Å². The number of thiol groups is 1. The van der Waals surface area contributed by atoms with Gasteiger partial charge in [-0.25, -0.2) is 0 Å². The molecule has 0 radical (unpaired) electrons. The minimum atomic E-state index is -0.842. The quantitative estimate of drug-likeness (QED) is 0.528. The van der Waals surface area contributed by atoms with Crippen LogP contribution in [0.25, 0.3) is 0 Å². The molecule has 0 heterocycles. The van der Waals surface area contributed by atoms with Crippen LogP contribution in [-0.4, -0.2) is 16.3 Å². The minimum Gasteiger partial charge on any atom is -0.480 e. The van der Waals surface area contributed by atoms with Gasteiger partial charge >= 0.3 is 5.97 Å². The molecular formula is C4H8O2S. The molecule has 1 N–H and O–H groups in total. The number of carbonyl (C=O) groups is 1. The Morgan fingerprint density at radius 1 is 2.00 bits per heavy atom. The summed E-state index contributed by atoms with van der Waals surface area (Å²) in [6.45, 7) is 1.78. The minimum absolute atomic E-state index is 0.486. The molecule has 0 aliphatic rings. The first-order valence-electron chi connectivity index (χ1n) is 2.09. The molecule has 0 aromatic carbocycles. The number of carboxylic acids is 1. The lowest BCUT2D eigenvalue weighted by Crippen LogP contribution is -2.10. The lowest BCUT2D eigenvalue weighted by Gasteiger charge is -1.95. The molecule has 0 bridgehead atoms. The summed E-state index contributed by atoms with van der Waals surface area (Å²) in [5.41, 5.74) is 0. The second-order valence-electron chi connectivity index (χ2n) is 1.26. The van der Waals surface area contributed by atoms with Gasteiger partial charge in [0, 0.05) is 0 Å². The van der Waals surface area contributed by atoms with E-state index >= 15 is 0 Å². The van der Waals surface area contributed by atoms with Crippen LogP contribution in [0.3, 0.4) is 0 Å². The lowest BCUT2D eigenvalue weighted by atomic mass is 10.3. The highest BCUT2D eigenvalue weighted by molar-refractivity contribution is 7.81. The number of hydrogen-bond acceptors (Lipinski definition) is 2. The van der Waals surface area contributed by atoms with Gasteiger partial charge in [0.2, 0.25) is 0 Å². The van der Waals surface area contributed by atoms with Crippen molar-refractivity contribution < 1.29 is 9.90 Å². The van der Waals surface area contributed by atoms with E-state index in [1.165, 1.54) is 0 Å². The molecule has 0 aromatic rings. The second-order valence-corrected chi connectivity index (χ2v) is 1.89. The van der Waals surface area contributed by atoms with Gasteiger partial charge in [-0.3, -0.25) is 4.79 Å². The van der Waals surface area contributed by atoms with E-state index in [-0.39, 0.29) is 0 Å². The fourth-order valence-electron chi connectivity index (χ4n) is 0.175. The fraction of sp³-hybridized carbons (Fsp3) is 0.750. The van der Waals surface area contributed by atoms with Crippen LogP contribution in [0, 0.1) is 0 Å². The molecule has 0 fully saturated rings. The molecule has 2 nitrogen and oxygen atoms in total. The Morgan fingerprint density at radius 3 is 2.43 bits per heavy atom. The third kappa shape index (κ3) is 2.51. The summed E-state index contributed by atoms with van der Waals surface area (Å²) in [5, 5.41) is 7.62. The number of hydrogen-bond donors (Lipinski definition) is 2. The van der Waals surface area contributed by atoms with Crippen LogP contribution in [-0.2, 0) is 4.79 Å². The molecule has 0 aliphatic heterocycles. The first-order chi connectivity index (χ1) is 3.18. The normalized spacial score (nSPS) is 13.4. The molecule has 0 unspecified atom stereocenters. The van der Waals surface area contributed by atoms with Gasteiger partial charge < -0.3 is 5.11 Å². The van der Waals surface area contributed by atoms with Crippen molar-refractivity contribution in [2.24, 2.45) is 0 Å². The second kappa shape index (κ2) is 2.91. The van der Waals surface area contributed by atoms with Crippen molar-refractivity contribution in [1.29, 1.82) is 0 Å². The van der Waals surface area contributed by atoms with Gasteiger partial charge in [-0.2, -0.15) is 12.6 Å². The maximum absolute atomic E-state index is 9.85. The molecule has 3 heteroatoms. The average Bonchev–Trinajstić information content (AvgIpc) is 1.65. The first-order valence-corrected chi connectivity index (χ1v) is 2.61. The van der Waals surface area contributed by atoms with Crippen LogP contribution in [0.15, 0.2) is 0 Å². The van der Waals surface area contributed by atoms with E-state index in [1.807, 2.05) is 0 Å². The predicted molar refractivity (Wildman–Crippen MR) is 30.7 cm³/mol. The molecular weight excluding hydrogens is 112 g/mol. The maximum atomic E-state index is 9.85. The largest absolute Gasteiger partial charge is 0.480 e. The molecule has 0 aromatic heterocycles. The van der Waals surface area contributed by atoms with Gasteiger partial charge in [0.05, 0.1) is 5.25 Å². The first kappa shape index (κ1) is 6.82. The Morgan fingerprint density at radius 2 is 2.43 bits per heavy atom. The van der Waals surface area contributed by atoms with Crippen molar-refractivity contribution in [3.05, 3.63) is 0 Å². The van der Waals surface area contributed by atoms with Gasteiger partial charge in [-0.1, -0.05) is 6.92 Å². The summed E-state index contributed by atoms with van der Waals surface area (Å²) >= 11 is 3.73. The van der Waals surface area contributed by atoms with Crippen molar-refractivity contribution in [2.75, 3.05) is 0 Å². The Labute approximate surface area is 47.9 Å². The average molecular weight is 120 g/mol. The molecule has 0 amide bonds. The monoisotopic (exact) mass is 120 g/mol. The van der Waals surface area contributed by atoms with Crippen LogP contribution in [0.2, 0.25) is 0 Å². The van der Waals surface area contributed by atoms with Gasteiger partial charge in [0.25, 0.3) is 0 Å². The van der Waals surface area contributed by atoms with Crippen molar-refractivity contribution in [3.8, 4) is 0 Å². The van der Waals surface area contributed by atoms with E-state index in [4.69, 9.17) is 5.11 Å². The van der Waals surface area contributed by atoms with E-state index in [0.29, 0.717) is 6.42 Å². The summed E-state index contributed by atoms with van der Waals surface area (Å²) in [4.78, 5) is 9.85. The Balaban J connectivity index is 3.34. The van der Waals surface area contributed by atoms with E-state index < -0.39 is 11.2 Å². The van der Waals surface area contributed by atoms with Crippen LogP contribution < -0.4 is 0 Å². The van der Waals surface area contributed by atoms with Crippen molar-refractivity contribution in [3.63, 3.8) is 0 Å². The summed E-state index contributed by atoms with van der Waals surface area (Å²) in [5.74, 6) is -0.842. The molecule has 1 atom stereocenters. The smallest absolute Gasteiger partial charge is 0.316 e. The maximum Gasteiger partial charge on any atom is 0.316 e. The number of aliphatic carboxylic acids is 1. The zero-order valence-electron chi connectivity index (χ0n) is 4.09. The molecule has 0 aliphatic carbocycles. The molecule has 42 valence electrons. The SMILES string of the molecule is CC[C@H](S)C(=O)O. The zero-order chi connectivity index (χ0) is 5.86. The molecule has 0 rings (SSSR count). The van der Waals surface area contributed by atoms with Crippen LogP contribution in [0.4, 0.5) is 0 Å². The third-order valence-electron chi connectivity index (χ3n) is 0.672. The topological polar surface area (TPSA) is 37.3 Å². The van der Waals surface area contributed by atoms with Gasteiger partial charge in [0.15, 0.2) is 0 Å². The molecule has 0 spiro atoms. The standard InChI is InChI=1S/C4H8O2S/c1-2-3(7)4(5)6/h3,7H,2H2,1H3,(H,5,6)/t3-/m0/s1. The Bertz CT molecular complexity index is 72.1. The van der Waals surface area contributed by atoms with Crippen molar-refractivity contribution in [1.82, 2.24) is 0 Å². The fourth-order valence-corrected chi connectivity index (χ4v) is 0.175. The molecule has 0 saturated carbocycles. The van der Waals surface area contributed by atoms with Crippen LogP contribution in [0.1, 0.15) is 13.3 Å². The van der Waals surface area contributed by atoms with Crippen molar-refractivity contribution >= 4 is 18.6 Å². The lowest BCUT2D eigenvalue weighted by molar-refractivity contribution is -0.136. The van der Waals surface area contributed by atoms with E-state index in [1.54, 1.807) is 6.92 Å². The van der Waals surface area contributed by atoms with E-state index in [0.717, 1.165) is 0 Å². The third-order valence-corrected chi connectivity index (χ3v) is 1.26. The number of carboxylic acid groups (broad SMARTS) is 1. The Hall–Kier alpha value is -0.180. The summed E-state index contributed by atoms with van der Waals surface area (Å²) in [6.07, 6.45) is 0.582. The predicted octanol–water partition coefficient (Wildman–Crippen LogP) is 0.779.